The number of methoxy groups -OCH3 is 1. The molecule has 0 unspecified atom stereocenters. The van der Waals surface area contributed by atoms with Crippen molar-refractivity contribution in [2.45, 2.75) is 72.0 Å². The molecule has 216 valence electrons. The Hall–Kier alpha value is -4.40. The lowest BCUT2D eigenvalue weighted by Gasteiger charge is -2.27. The van der Waals surface area contributed by atoms with Crippen LogP contribution in [0.15, 0.2) is 48.8 Å². The highest BCUT2D eigenvalue weighted by molar-refractivity contribution is 6.07. The largest absolute Gasteiger partial charge is 0.497 e. The average Bonchev–Trinajstić information content (AvgIpc) is 3.32. The smallest absolute Gasteiger partial charge is 0.245 e. The normalized spacial score (nSPS) is 20.9. The topological polar surface area (TPSA) is 107 Å². The van der Waals surface area contributed by atoms with Gasteiger partial charge in [0.2, 0.25) is 5.91 Å². The molecule has 2 aromatic heterocycles. The minimum atomic E-state index is -0.442. The number of nitrogens with zero attached hydrogens (tertiary/aromatic N) is 5. The Labute approximate surface area is 244 Å². The number of fused-ring (bicyclic) bond motifs is 2. The predicted octanol–water partition coefficient (Wildman–Crippen LogP) is 4.90. The number of hydrogen-bond acceptors (Lipinski definition) is 7. The van der Waals surface area contributed by atoms with E-state index in [4.69, 9.17) is 4.74 Å². The van der Waals surface area contributed by atoms with Crippen LogP contribution in [0.5, 0.6) is 5.75 Å². The molecule has 0 N–H and O–H groups in total. The Bertz CT molecular complexity index is 1710. The van der Waals surface area contributed by atoms with Gasteiger partial charge in [0.1, 0.15) is 23.8 Å². The van der Waals surface area contributed by atoms with E-state index in [9.17, 15) is 14.4 Å². The van der Waals surface area contributed by atoms with Crippen molar-refractivity contribution >= 4 is 28.4 Å². The summed E-state index contributed by atoms with van der Waals surface area (Å²) in [6, 6.07) is 11.3. The van der Waals surface area contributed by atoms with Gasteiger partial charge in [-0.2, -0.15) is 5.10 Å². The molecule has 2 fully saturated rings. The van der Waals surface area contributed by atoms with Crippen molar-refractivity contribution in [1.82, 2.24) is 24.6 Å². The maximum atomic E-state index is 13.9. The molecule has 1 aliphatic heterocycles. The Morgan fingerprint density at radius 1 is 1.02 bits per heavy atom. The monoisotopic (exact) mass is 565 g/mol. The molecule has 3 atom stereocenters. The molecule has 0 radical (unpaired) electrons. The molecule has 2 aromatic carbocycles. The molecular formula is C33H35N5O4. The number of amides is 1. The number of hydrogen-bond donors (Lipinski definition) is 0. The fourth-order valence-corrected chi connectivity index (χ4v) is 6.46. The van der Waals surface area contributed by atoms with E-state index in [2.05, 4.69) is 22.0 Å². The van der Waals surface area contributed by atoms with E-state index in [0.29, 0.717) is 36.2 Å². The van der Waals surface area contributed by atoms with Crippen LogP contribution in [0.4, 0.5) is 0 Å². The van der Waals surface area contributed by atoms with Crippen molar-refractivity contribution in [2.24, 2.45) is 5.41 Å². The standard InChI is InChI=1S/C33H35N5O4/c1-19-12-23(24-16-34-21(3)35-17-24)13-26-31(20(2)39)36-37(32(19)26)18-30(41)38-27(14-33(4)15-29(33)38)28(40)11-8-22-6-9-25(42-5)10-7-22/h6-7,9-10,12-13,16-17,27,29H,8,11,14-15,18H2,1-5H3/t27-,29+,33-/m0/s1. The van der Waals surface area contributed by atoms with Gasteiger partial charge < -0.3 is 9.64 Å². The second-order valence-electron chi connectivity index (χ2n) is 12.0. The van der Waals surface area contributed by atoms with E-state index >= 15 is 0 Å². The van der Waals surface area contributed by atoms with Gasteiger partial charge in [-0.25, -0.2) is 9.97 Å². The third-order valence-electron chi connectivity index (χ3n) is 8.88. The molecule has 42 heavy (non-hydrogen) atoms. The first-order valence-corrected chi connectivity index (χ1v) is 14.4. The van der Waals surface area contributed by atoms with Gasteiger partial charge in [-0.3, -0.25) is 19.1 Å². The van der Waals surface area contributed by atoms with Gasteiger partial charge in [0, 0.05) is 42.7 Å². The number of likely N-dealkylation sites (tertiary alicyclic amines) is 1. The Morgan fingerprint density at radius 3 is 2.40 bits per heavy atom. The summed E-state index contributed by atoms with van der Waals surface area (Å²) < 4.78 is 6.86. The summed E-state index contributed by atoms with van der Waals surface area (Å²) in [5.41, 5.74) is 4.71. The number of benzene rings is 2. The van der Waals surface area contributed by atoms with Crippen molar-refractivity contribution in [2.75, 3.05) is 7.11 Å². The number of aryl methyl sites for hydroxylation is 3. The van der Waals surface area contributed by atoms with Gasteiger partial charge in [0.25, 0.3) is 0 Å². The molecule has 6 rings (SSSR count). The summed E-state index contributed by atoms with van der Waals surface area (Å²) in [6.07, 6.45) is 6.09. The maximum absolute atomic E-state index is 13.9. The van der Waals surface area contributed by atoms with Crippen LogP contribution in [0.2, 0.25) is 0 Å². The van der Waals surface area contributed by atoms with Crippen molar-refractivity contribution < 1.29 is 19.1 Å². The zero-order valence-electron chi connectivity index (χ0n) is 24.7. The van der Waals surface area contributed by atoms with Crippen LogP contribution < -0.4 is 4.74 Å². The van der Waals surface area contributed by atoms with E-state index in [-0.39, 0.29) is 35.5 Å². The number of ketones is 2. The minimum absolute atomic E-state index is 0.0201. The summed E-state index contributed by atoms with van der Waals surface area (Å²) >= 11 is 0. The van der Waals surface area contributed by atoms with Crippen LogP contribution in [0.1, 0.15) is 60.5 Å². The predicted molar refractivity (Wildman–Crippen MR) is 158 cm³/mol. The first kappa shape index (κ1) is 27.8. The summed E-state index contributed by atoms with van der Waals surface area (Å²) in [5, 5.41) is 5.31. The van der Waals surface area contributed by atoms with E-state index < -0.39 is 6.04 Å². The van der Waals surface area contributed by atoms with E-state index in [1.807, 2.05) is 55.1 Å². The summed E-state index contributed by atoms with van der Waals surface area (Å²) in [5.74, 6) is 1.23. The van der Waals surface area contributed by atoms with E-state index in [1.54, 1.807) is 24.2 Å². The Kier molecular flexibility index (Phi) is 6.91. The maximum Gasteiger partial charge on any atom is 0.245 e. The molecule has 1 aliphatic carbocycles. The summed E-state index contributed by atoms with van der Waals surface area (Å²) in [7, 11) is 1.63. The first-order chi connectivity index (χ1) is 20.1. The number of aromatic nitrogens is 4. The average molecular weight is 566 g/mol. The molecule has 9 heteroatoms. The lowest BCUT2D eigenvalue weighted by Crippen LogP contribution is -2.44. The van der Waals surface area contributed by atoms with Crippen molar-refractivity contribution in [3.63, 3.8) is 0 Å². The van der Waals surface area contributed by atoms with Gasteiger partial charge in [-0.1, -0.05) is 19.1 Å². The highest BCUT2D eigenvalue weighted by Gasteiger charge is 2.64. The van der Waals surface area contributed by atoms with Crippen LogP contribution in [-0.2, 0) is 22.6 Å². The molecule has 3 heterocycles. The third-order valence-corrected chi connectivity index (χ3v) is 8.88. The quantitative estimate of drug-likeness (QED) is 0.266. The molecule has 1 saturated carbocycles. The van der Waals surface area contributed by atoms with Crippen LogP contribution in [0.25, 0.3) is 22.0 Å². The van der Waals surface area contributed by atoms with Crippen LogP contribution in [-0.4, -0.2) is 61.3 Å². The van der Waals surface area contributed by atoms with Gasteiger partial charge in [-0.15, -0.1) is 0 Å². The number of rotatable bonds is 9. The van der Waals surface area contributed by atoms with Crippen LogP contribution in [0, 0.1) is 19.3 Å². The SMILES string of the molecule is COc1ccc(CCC(=O)[C@@H]2C[C@@]3(C)C[C@H]3N2C(=O)Cn2nc(C(C)=O)c3cc(-c4cnc(C)nc4)cc(C)c32)cc1. The van der Waals surface area contributed by atoms with Gasteiger partial charge >= 0.3 is 0 Å². The molecule has 2 aliphatic rings. The highest BCUT2D eigenvalue weighted by atomic mass is 16.5. The fraction of sp³-hybridized carbons (Fsp3) is 0.394. The Morgan fingerprint density at radius 2 is 1.74 bits per heavy atom. The number of piperidine rings is 1. The first-order valence-electron chi connectivity index (χ1n) is 14.4. The Balaban J connectivity index is 1.26. The van der Waals surface area contributed by atoms with Crippen molar-refractivity contribution in [3.8, 4) is 16.9 Å². The molecule has 1 amide bonds. The van der Waals surface area contributed by atoms with E-state index in [1.165, 1.54) is 6.92 Å². The second-order valence-corrected chi connectivity index (χ2v) is 12.0. The molecular weight excluding hydrogens is 530 g/mol. The summed E-state index contributed by atoms with van der Waals surface area (Å²) in [6.45, 7) is 7.39. The van der Waals surface area contributed by atoms with Gasteiger partial charge in [0.05, 0.1) is 18.7 Å². The van der Waals surface area contributed by atoms with Crippen molar-refractivity contribution in [3.05, 3.63) is 71.4 Å². The molecule has 9 nitrogen and oxygen atoms in total. The number of carbonyl (C=O) groups excluding carboxylic acids is 3. The lowest BCUT2D eigenvalue weighted by atomic mass is 9.96. The molecule has 0 bridgehead atoms. The number of Topliss-reactive ketones (excluding diaryl/α,β-unsaturated/α-hetero) is 2. The minimum Gasteiger partial charge on any atom is -0.497 e. The zero-order valence-corrected chi connectivity index (χ0v) is 24.7. The van der Waals surface area contributed by atoms with Gasteiger partial charge in [0.15, 0.2) is 11.6 Å². The highest BCUT2D eigenvalue weighted by Crippen LogP contribution is 2.59. The molecule has 4 aromatic rings. The number of ether oxygens (including phenoxy) is 1. The second kappa shape index (κ2) is 10.5. The fourth-order valence-electron chi connectivity index (χ4n) is 6.46. The zero-order chi connectivity index (χ0) is 29.8. The van der Waals surface area contributed by atoms with Crippen LogP contribution >= 0.6 is 0 Å². The number of carbonyl (C=O) groups is 3. The third kappa shape index (κ3) is 4.97. The molecule has 1 saturated heterocycles. The van der Waals surface area contributed by atoms with Crippen molar-refractivity contribution in [1.29, 1.82) is 0 Å². The summed E-state index contributed by atoms with van der Waals surface area (Å²) in [4.78, 5) is 50.4. The van der Waals surface area contributed by atoms with Crippen LogP contribution in [0.3, 0.4) is 0 Å². The lowest BCUT2D eigenvalue weighted by molar-refractivity contribution is -0.139. The van der Waals surface area contributed by atoms with Gasteiger partial charge in [-0.05, 0) is 79.5 Å². The molecule has 0 spiro atoms. The van der Waals surface area contributed by atoms with E-state index in [0.717, 1.165) is 39.9 Å².